The summed E-state index contributed by atoms with van der Waals surface area (Å²) in [4.78, 5) is 10.9. The van der Waals surface area contributed by atoms with E-state index in [4.69, 9.17) is 5.73 Å². The van der Waals surface area contributed by atoms with E-state index in [1.54, 1.807) is 6.20 Å². The minimum atomic E-state index is 0.349. The molecule has 0 spiro atoms. The molecule has 1 rings (SSSR count). The maximum atomic E-state index is 5.51. The van der Waals surface area contributed by atoms with Gasteiger partial charge in [0.15, 0.2) is 0 Å². The Hall–Kier alpha value is -1.16. The van der Waals surface area contributed by atoms with Crippen molar-refractivity contribution >= 4 is 5.82 Å². The van der Waals surface area contributed by atoms with Crippen LogP contribution in [0.1, 0.15) is 33.0 Å². The van der Waals surface area contributed by atoms with Gasteiger partial charge in [-0.25, -0.2) is 9.97 Å². The molecule has 0 atom stereocenters. The molecule has 0 amide bonds. The fourth-order valence-corrected chi connectivity index (χ4v) is 1.47. The highest BCUT2D eigenvalue weighted by molar-refractivity contribution is 5.36. The molecule has 0 aliphatic carbocycles. The van der Waals surface area contributed by atoms with Crippen molar-refractivity contribution in [2.24, 2.45) is 11.1 Å². The van der Waals surface area contributed by atoms with Crippen molar-refractivity contribution in [2.75, 3.05) is 25.0 Å². The van der Waals surface area contributed by atoms with Crippen molar-refractivity contribution in [3.8, 4) is 0 Å². The lowest BCUT2D eigenvalue weighted by molar-refractivity contribution is 0.381. The highest BCUT2D eigenvalue weighted by atomic mass is 15.2. The maximum Gasteiger partial charge on any atom is 0.131 e. The first-order chi connectivity index (χ1) is 7.92. The highest BCUT2D eigenvalue weighted by Gasteiger charge is 2.12. The van der Waals surface area contributed by atoms with Gasteiger partial charge in [0.25, 0.3) is 0 Å². The summed E-state index contributed by atoms with van der Waals surface area (Å²) in [6, 6.07) is 1.95. The SMILES string of the molecule is CN(CCC(C)(C)C)c1ccnc(CCN)n1. The lowest BCUT2D eigenvalue weighted by Crippen LogP contribution is -2.24. The van der Waals surface area contributed by atoms with Crippen molar-refractivity contribution in [3.05, 3.63) is 18.1 Å². The van der Waals surface area contributed by atoms with Gasteiger partial charge < -0.3 is 10.6 Å². The molecule has 0 saturated heterocycles. The Labute approximate surface area is 104 Å². The van der Waals surface area contributed by atoms with Gasteiger partial charge in [-0.05, 0) is 24.4 Å². The molecule has 0 bridgehead atoms. The van der Waals surface area contributed by atoms with E-state index in [9.17, 15) is 0 Å². The zero-order valence-corrected chi connectivity index (χ0v) is 11.4. The molecule has 0 aromatic carbocycles. The van der Waals surface area contributed by atoms with E-state index in [2.05, 4.69) is 42.7 Å². The molecule has 4 nitrogen and oxygen atoms in total. The van der Waals surface area contributed by atoms with Gasteiger partial charge >= 0.3 is 0 Å². The van der Waals surface area contributed by atoms with E-state index in [-0.39, 0.29) is 0 Å². The van der Waals surface area contributed by atoms with E-state index in [0.717, 1.165) is 31.0 Å². The van der Waals surface area contributed by atoms with Crippen LogP contribution in [0.4, 0.5) is 5.82 Å². The lowest BCUT2D eigenvalue weighted by atomic mass is 9.92. The molecule has 0 saturated carbocycles. The molecule has 1 heterocycles. The molecule has 0 aliphatic rings. The van der Waals surface area contributed by atoms with Gasteiger partial charge in [-0.2, -0.15) is 0 Å². The van der Waals surface area contributed by atoms with Crippen molar-refractivity contribution in [1.29, 1.82) is 0 Å². The zero-order chi connectivity index (χ0) is 12.9. The summed E-state index contributed by atoms with van der Waals surface area (Å²) in [6.45, 7) is 8.35. The average molecular weight is 236 g/mol. The predicted octanol–water partition coefficient (Wildman–Crippen LogP) is 1.85. The summed E-state index contributed by atoms with van der Waals surface area (Å²) >= 11 is 0. The smallest absolute Gasteiger partial charge is 0.131 e. The molecule has 2 N–H and O–H groups in total. The number of anilines is 1. The van der Waals surface area contributed by atoms with Crippen LogP contribution in [0.25, 0.3) is 0 Å². The molecule has 0 aliphatic heterocycles. The number of hydrogen-bond donors (Lipinski definition) is 1. The standard InChI is InChI=1S/C13H24N4/c1-13(2,3)7-10-17(4)12-6-9-15-11(16-12)5-8-14/h6,9H,5,7-8,10,14H2,1-4H3. The van der Waals surface area contributed by atoms with Crippen molar-refractivity contribution in [2.45, 2.75) is 33.6 Å². The van der Waals surface area contributed by atoms with Crippen LogP contribution in [0.3, 0.4) is 0 Å². The Bertz CT molecular complexity index is 344. The predicted molar refractivity (Wildman–Crippen MR) is 72.1 cm³/mol. The van der Waals surface area contributed by atoms with Gasteiger partial charge in [-0.15, -0.1) is 0 Å². The van der Waals surface area contributed by atoms with Gasteiger partial charge in [0.05, 0.1) is 0 Å². The Morgan fingerprint density at radius 1 is 1.35 bits per heavy atom. The highest BCUT2D eigenvalue weighted by Crippen LogP contribution is 2.20. The normalized spacial score (nSPS) is 11.6. The molecule has 1 aromatic rings. The van der Waals surface area contributed by atoms with Gasteiger partial charge in [0.2, 0.25) is 0 Å². The second-order valence-electron chi connectivity index (χ2n) is 5.60. The van der Waals surface area contributed by atoms with Crippen LogP contribution < -0.4 is 10.6 Å². The largest absolute Gasteiger partial charge is 0.360 e. The first-order valence-corrected chi connectivity index (χ1v) is 6.15. The molecule has 1 aromatic heterocycles. The third kappa shape index (κ3) is 5.13. The third-order valence-corrected chi connectivity index (χ3v) is 2.65. The second kappa shape index (κ2) is 5.96. The van der Waals surface area contributed by atoms with Crippen LogP contribution in [0.5, 0.6) is 0 Å². The summed E-state index contributed by atoms with van der Waals surface area (Å²) in [5, 5.41) is 0. The van der Waals surface area contributed by atoms with Crippen LogP contribution >= 0.6 is 0 Å². The summed E-state index contributed by atoms with van der Waals surface area (Å²) in [5.41, 5.74) is 5.86. The van der Waals surface area contributed by atoms with E-state index in [1.807, 2.05) is 6.07 Å². The summed E-state index contributed by atoms with van der Waals surface area (Å²) in [7, 11) is 2.07. The van der Waals surface area contributed by atoms with Crippen LogP contribution in [0.15, 0.2) is 12.3 Å². The quantitative estimate of drug-likeness (QED) is 0.847. The summed E-state index contributed by atoms with van der Waals surface area (Å²) in [5.74, 6) is 1.81. The first-order valence-electron chi connectivity index (χ1n) is 6.15. The fraction of sp³-hybridized carbons (Fsp3) is 0.692. The zero-order valence-electron chi connectivity index (χ0n) is 11.4. The van der Waals surface area contributed by atoms with Crippen LogP contribution in [-0.4, -0.2) is 30.1 Å². The van der Waals surface area contributed by atoms with E-state index >= 15 is 0 Å². The van der Waals surface area contributed by atoms with E-state index in [0.29, 0.717) is 12.0 Å². The maximum absolute atomic E-state index is 5.51. The van der Waals surface area contributed by atoms with Crippen molar-refractivity contribution in [3.63, 3.8) is 0 Å². The van der Waals surface area contributed by atoms with Gasteiger partial charge in [-0.3, -0.25) is 0 Å². The van der Waals surface area contributed by atoms with Crippen molar-refractivity contribution in [1.82, 2.24) is 9.97 Å². The van der Waals surface area contributed by atoms with E-state index in [1.165, 1.54) is 0 Å². The van der Waals surface area contributed by atoms with Crippen molar-refractivity contribution < 1.29 is 0 Å². The second-order valence-corrected chi connectivity index (χ2v) is 5.60. The first kappa shape index (κ1) is 13.9. The molecule has 96 valence electrons. The summed E-state index contributed by atoms with van der Waals surface area (Å²) in [6.07, 6.45) is 3.68. The number of hydrogen-bond acceptors (Lipinski definition) is 4. The van der Waals surface area contributed by atoms with Gasteiger partial charge in [-0.1, -0.05) is 20.8 Å². The Kier molecular flexibility index (Phi) is 4.87. The minimum Gasteiger partial charge on any atom is -0.360 e. The Morgan fingerprint density at radius 3 is 2.65 bits per heavy atom. The number of nitrogens with zero attached hydrogens (tertiary/aromatic N) is 3. The molecule has 17 heavy (non-hydrogen) atoms. The van der Waals surface area contributed by atoms with E-state index < -0.39 is 0 Å². The Morgan fingerprint density at radius 2 is 2.06 bits per heavy atom. The van der Waals surface area contributed by atoms with Gasteiger partial charge in [0.1, 0.15) is 11.6 Å². The Balaban J connectivity index is 2.62. The number of aromatic nitrogens is 2. The number of rotatable bonds is 5. The molecule has 0 fully saturated rings. The molecular formula is C13H24N4. The van der Waals surface area contributed by atoms with Crippen LogP contribution in [-0.2, 0) is 6.42 Å². The fourth-order valence-electron chi connectivity index (χ4n) is 1.47. The molecule has 4 heteroatoms. The van der Waals surface area contributed by atoms with Crippen LogP contribution in [0.2, 0.25) is 0 Å². The monoisotopic (exact) mass is 236 g/mol. The minimum absolute atomic E-state index is 0.349. The lowest BCUT2D eigenvalue weighted by Gasteiger charge is -2.24. The molecular weight excluding hydrogens is 212 g/mol. The molecule has 0 unspecified atom stereocenters. The van der Waals surface area contributed by atoms with Crippen LogP contribution in [0, 0.1) is 5.41 Å². The topological polar surface area (TPSA) is 55.0 Å². The molecule has 0 radical (unpaired) electrons. The average Bonchev–Trinajstić information content (AvgIpc) is 2.26. The van der Waals surface area contributed by atoms with Gasteiger partial charge in [0, 0.05) is 26.2 Å². The third-order valence-electron chi connectivity index (χ3n) is 2.65. The number of nitrogens with two attached hydrogens (primary N) is 1. The summed E-state index contributed by atoms with van der Waals surface area (Å²) < 4.78 is 0.